The van der Waals surface area contributed by atoms with Gasteiger partial charge in [0, 0.05) is 5.69 Å². The normalized spacial score (nSPS) is 10.7. The van der Waals surface area contributed by atoms with Crippen LogP contribution in [0.3, 0.4) is 0 Å². The topological polar surface area (TPSA) is 53.5 Å². The van der Waals surface area contributed by atoms with Crippen molar-refractivity contribution < 1.29 is 4.79 Å². The summed E-state index contributed by atoms with van der Waals surface area (Å²) in [5.74, 6) is -0.192. The summed E-state index contributed by atoms with van der Waals surface area (Å²) in [6.45, 7) is 2.20. The van der Waals surface area contributed by atoms with Gasteiger partial charge < -0.3 is 5.32 Å². The van der Waals surface area contributed by atoms with Crippen molar-refractivity contribution in [2.75, 3.05) is 11.9 Å². The summed E-state index contributed by atoms with van der Waals surface area (Å²) in [6.07, 6.45) is 1.64. The minimum atomic E-state index is -0.192. The number of nitrogens with zero attached hydrogens (tertiary/aromatic N) is 1. The van der Waals surface area contributed by atoms with Gasteiger partial charge in [-0.2, -0.15) is 5.10 Å². The zero-order chi connectivity index (χ0) is 18.2. The highest BCUT2D eigenvalue weighted by molar-refractivity contribution is 5.84. The van der Waals surface area contributed by atoms with Crippen molar-refractivity contribution in [1.29, 1.82) is 0 Å². The molecule has 2 N–H and O–H groups in total. The van der Waals surface area contributed by atoms with Crippen LogP contribution in [0.15, 0.2) is 84.0 Å². The molecule has 4 heteroatoms. The Labute approximate surface area is 153 Å². The van der Waals surface area contributed by atoms with Crippen molar-refractivity contribution in [1.82, 2.24) is 5.43 Å². The van der Waals surface area contributed by atoms with Gasteiger partial charge in [-0.05, 0) is 35.7 Å². The Hall–Kier alpha value is -3.40. The van der Waals surface area contributed by atoms with Crippen LogP contribution >= 0.6 is 0 Å². The molecule has 0 aliphatic rings. The van der Waals surface area contributed by atoms with E-state index in [0.29, 0.717) is 0 Å². The number of nitrogens with one attached hydrogen (secondary N) is 2. The van der Waals surface area contributed by atoms with E-state index in [1.165, 1.54) is 11.1 Å². The molecule has 0 fully saturated rings. The number of anilines is 1. The zero-order valence-electron chi connectivity index (χ0n) is 14.6. The number of hydrazone groups is 1. The lowest BCUT2D eigenvalue weighted by Crippen LogP contribution is -2.25. The smallest absolute Gasteiger partial charge is 0.259 e. The molecule has 3 aromatic rings. The van der Waals surface area contributed by atoms with E-state index in [-0.39, 0.29) is 12.5 Å². The fraction of sp³-hybridized carbons (Fsp3) is 0.0909. The highest BCUT2D eigenvalue weighted by Crippen LogP contribution is 2.18. The largest absolute Gasteiger partial charge is 0.376 e. The van der Waals surface area contributed by atoms with E-state index >= 15 is 0 Å². The first kappa shape index (κ1) is 17.4. The average molecular weight is 343 g/mol. The highest BCUT2D eigenvalue weighted by Gasteiger charge is 1.99. The molecule has 0 radical (unpaired) electrons. The number of carbonyl (C=O) groups is 1. The van der Waals surface area contributed by atoms with Gasteiger partial charge in [0.1, 0.15) is 0 Å². The predicted molar refractivity (Wildman–Crippen MR) is 107 cm³/mol. The second kappa shape index (κ2) is 8.62. The fourth-order valence-corrected chi connectivity index (χ4v) is 2.46. The maximum absolute atomic E-state index is 11.8. The number of aryl methyl sites for hydroxylation is 1. The van der Waals surface area contributed by atoms with Crippen LogP contribution in [0.5, 0.6) is 0 Å². The van der Waals surface area contributed by atoms with Crippen molar-refractivity contribution in [2.45, 2.75) is 6.92 Å². The minimum absolute atomic E-state index is 0.174. The van der Waals surface area contributed by atoms with Crippen LogP contribution in [0, 0.1) is 6.92 Å². The van der Waals surface area contributed by atoms with Gasteiger partial charge in [0.15, 0.2) is 0 Å². The van der Waals surface area contributed by atoms with Crippen LogP contribution < -0.4 is 10.7 Å². The monoisotopic (exact) mass is 343 g/mol. The third-order valence-corrected chi connectivity index (χ3v) is 3.93. The molecule has 0 aliphatic carbocycles. The van der Waals surface area contributed by atoms with Crippen molar-refractivity contribution in [3.05, 3.63) is 90.0 Å². The Balaban J connectivity index is 1.48. The molecule has 0 atom stereocenters. The molecule has 4 nitrogen and oxygen atoms in total. The van der Waals surface area contributed by atoms with E-state index < -0.39 is 0 Å². The Morgan fingerprint density at radius 3 is 2.23 bits per heavy atom. The highest BCUT2D eigenvalue weighted by atomic mass is 16.2. The molecule has 0 aromatic heterocycles. The number of benzene rings is 3. The summed E-state index contributed by atoms with van der Waals surface area (Å²) >= 11 is 0. The van der Waals surface area contributed by atoms with Gasteiger partial charge in [-0.15, -0.1) is 0 Å². The summed E-state index contributed by atoms with van der Waals surface area (Å²) in [5, 5.41) is 7.07. The van der Waals surface area contributed by atoms with Gasteiger partial charge in [0.05, 0.1) is 12.8 Å². The van der Waals surface area contributed by atoms with Gasteiger partial charge in [0.2, 0.25) is 0 Å². The van der Waals surface area contributed by atoms with Crippen LogP contribution in [0.2, 0.25) is 0 Å². The van der Waals surface area contributed by atoms with Gasteiger partial charge in [-0.25, -0.2) is 5.43 Å². The molecule has 1 amide bonds. The van der Waals surface area contributed by atoms with Crippen LogP contribution in [-0.2, 0) is 4.79 Å². The number of amides is 1. The molecular formula is C22H21N3O. The van der Waals surface area contributed by atoms with Gasteiger partial charge >= 0.3 is 0 Å². The molecule has 0 heterocycles. The van der Waals surface area contributed by atoms with Crippen LogP contribution in [0.25, 0.3) is 11.1 Å². The first-order chi connectivity index (χ1) is 12.7. The SMILES string of the molecule is Cc1ccc(NCC(=O)N/N=C/c2ccc(-c3ccccc3)cc2)cc1. The van der Waals surface area contributed by atoms with E-state index in [4.69, 9.17) is 0 Å². The van der Waals surface area contributed by atoms with Gasteiger partial charge in [-0.3, -0.25) is 4.79 Å². The summed E-state index contributed by atoms with van der Waals surface area (Å²) in [6, 6.07) is 26.1. The second-order valence-electron chi connectivity index (χ2n) is 6.00. The van der Waals surface area contributed by atoms with Crippen molar-refractivity contribution in [3.8, 4) is 11.1 Å². The second-order valence-corrected chi connectivity index (χ2v) is 6.00. The number of rotatable bonds is 6. The van der Waals surface area contributed by atoms with Crippen LogP contribution in [0.1, 0.15) is 11.1 Å². The Bertz CT molecular complexity index is 870. The first-order valence-corrected chi connectivity index (χ1v) is 8.49. The van der Waals surface area contributed by atoms with Crippen LogP contribution in [0.4, 0.5) is 5.69 Å². The average Bonchev–Trinajstić information content (AvgIpc) is 2.69. The Morgan fingerprint density at radius 2 is 1.54 bits per heavy atom. The van der Waals surface area contributed by atoms with Crippen molar-refractivity contribution in [3.63, 3.8) is 0 Å². The Morgan fingerprint density at radius 1 is 0.885 bits per heavy atom. The third-order valence-electron chi connectivity index (χ3n) is 3.93. The van der Waals surface area contributed by atoms with E-state index in [1.807, 2.05) is 73.7 Å². The predicted octanol–water partition coefficient (Wildman–Crippen LogP) is 4.22. The first-order valence-electron chi connectivity index (χ1n) is 8.49. The molecule has 3 aromatic carbocycles. The van der Waals surface area contributed by atoms with Crippen molar-refractivity contribution >= 4 is 17.8 Å². The summed E-state index contributed by atoms with van der Waals surface area (Å²) in [7, 11) is 0. The van der Waals surface area contributed by atoms with Crippen LogP contribution in [-0.4, -0.2) is 18.7 Å². The van der Waals surface area contributed by atoms with Gasteiger partial charge in [-0.1, -0.05) is 72.3 Å². The molecule has 0 spiro atoms. The van der Waals surface area contributed by atoms with Gasteiger partial charge in [0.25, 0.3) is 5.91 Å². The Kier molecular flexibility index (Phi) is 5.78. The lowest BCUT2D eigenvalue weighted by Gasteiger charge is -2.05. The summed E-state index contributed by atoms with van der Waals surface area (Å²) in [4.78, 5) is 11.8. The lowest BCUT2D eigenvalue weighted by atomic mass is 10.0. The van der Waals surface area contributed by atoms with E-state index in [2.05, 4.69) is 28.0 Å². The number of hydrogen-bond acceptors (Lipinski definition) is 3. The van der Waals surface area contributed by atoms with Crippen molar-refractivity contribution in [2.24, 2.45) is 5.10 Å². The zero-order valence-corrected chi connectivity index (χ0v) is 14.6. The summed E-state index contributed by atoms with van der Waals surface area (Å²) in [5.41, 5.74) is 7.87. The molecule has 0 unspecified atom stereocenters. The molecule has 130 valence electrons. The van der Waals surface area contributed by atoms with E-state index in [9.17, 15) is 4.79 Å². The number of carbonyl (C=O) groups excluding carboxylic acids is 1. The lowest BCUT2D eigenvalue weighted by molar-refractivity contribution is -0.119. The standard InChI is InChI=1S/C22H21N3O/c1-17-7-13-21(14-8-17)23-16-22(26)25-24-15-18-9-11-20(12-10-18)19-5-3-2-4-6-19/h2-15,23H,16H2,1H3,(H,25,26)/b24-15+. The maximum Gasteiger partial charge on any atom is 0.259 e. The molecule has 3 rings (SSSR count). The number of hydrogen-bond donors (Lipinski definition) is 2. The minimum Gasteiger partial charge on any atom is -0.376 e. The summed E-state index contributed by atoms with van der Waals surface area (Å²) < 4.78 is 0. The molecule has 0 saturated carbocycles. The van der Waals surface area contributed by atoms with E-state index in [0.717, 1.165) is 16.8 Å². The molecule has 0 bridgehead atoms. The maximum atomic E-state index is 11.8. The molecule has 0 saturated heterocycles. The third kappa shape index (κ3) is 5.05. The fourth-order valence-electron chi connectivity index (χ4n) is 2.46. The molecular weight excluding hydrogens is 322 g/mol. The molecule has 26 heavy (non-hydrogen) atoms. The quantitative estimate of drug-likeness (QED) is 0.520. The molecule has 0 aliphatic heterocycles. The van der Waals surface area contributed by atoms with E-state index in [1.54, 1.807) is 6.21 Å².